The van der Waals surface area contributed by atoms with Gasteiger partial charge in [0.05, 0.1) is 6.10 Å². The molecule has 3 nitrogen and oxygen atoms in total. The molecule has 0 bridgehead atoms. The first-order valence-electron chi connectivity index (χ1n) is 5.15. The van der Waals surface area contributed by atoms with Crippen LogP contribution >= 0.6 is 0 Å². The Morgan fingerprint density at radius 1 is 1.38 bits per heavy atom. The second-order valence-electron chi connectivity index (χ2n) is 4.39. The molecule has 2 fully saturated rings. The Balaban J connectivity index is 1.90. The molecule has 2 rings (SSSR count). The van der Waals surface area contributed by atoms with Crippen molar-refractivity contribution in [2.75, 3.05) is 13.1 Å². The smallest absolute Gasteiger partial charge is 0.225 e. The zero-order chi connectivity index (χ0) is 9.42. The fourth-order valence-electron chi connectivity index (χ4n) is 1.92. The molecule has 1 N–H and O–H groups in total. The van der Waals surface area contributed by atoms with Crippen molar-refractivity contribution < 1.29 is 9.90 Å². The molecule has 1 amide bonds. The van der Waals surface area contributed by atoms with Crippen molar-refractivity contribution in [2.45, 2.75) is 32.3 Å². The first-order chi connectivity index (χ1) is 6.18. The van der Waals surface area contributed by atoms with Crippen LogP contribution in [0.15, 0.2) is 0 Å². The van der Waals surface area contributed by atoms with Crippen molar-refractivity contribution in [1.82, 2.24) is 4.90 Å². The van der Waals surface area contributed by atoms with Gasteiger partial charge in [0.1, 0.15) is 0 Å². The van der Waals surface area contributed by atoms with Crippen LogP contribution in [0.5, 0.6) is 0 Å². The van der Waals surface area contributed by atoms with Crippen molar-refractivity contribution in [2.24, 2.45) is 11.8 Å². The second kappa shape index (κ2) is 3.29. The maximum atomic E-state index is 11.7. The van der Waals surface area contributed by atoms with E-state index in [1.54, 1.807) is 0 Å². The van der Waals surface area contributed by atoms with Gasteiger partial charge >= 0.3 is 0 Å². The average molecular weight is 183 g/mol. The molecule has 2 aliphatic rings. The van der Waals surface area contributed by atoms with Crippen LogP contribution in [0, 0.1) is 11.8 Å². The zero-order valence-electron chi connectivity index (χ0n) is 8.07. The number of likely N-dealkylation sites (tertiary alicyclic amines) is 1. The Labute approximate surface area is 78.7 Å². The van der Waals surface area contributed by atoms with Crippen LogP contribution < -0.4 is 0 Å². The minimum Gasteiger partial charge on any atom is -0.393 e. The van der Waals surface area contributed by atoms with Crippen molar-refractivity contribution in [3.63, 3.8) is 0 Å². The number of carbonyl (C=O) groups excluding carboxylic acids is 1. The van der Waals surface area contributed by atoms with Gasteiger partial charge in [-0.15, -0.1) is 0 Å². The van der Waals surface area contributed by atoms with E-state index in [0.29, 0.717) is 11.8 Å². The molecular weight excluding hydrogens is 166 g/mol. The summed E-state index contributed by atoms with van der Waals surface area (Å²) >= 11 is 0. The average Bonchev–Trinajstić information content (AvgIpc) is 2.91. The summed E-state index contributed by atoms with van der Waals surface area (Å²) in [7, 11) is 0. The van der Waals surface area contributed by atoms with E-state index < -0.39 is 0 Å². The van der Waals surface area contributed by atoms with E-state index in [1.807, 2.05) is 11.8 Å². The van der Waals surface area contributed by atoms with E-state index in [9.17, 15) is 9.90 Å². The Morgan fingerprint density at radius 2 is 2.08 bits per heavy atom. The normalized spacial score (nSPS) is 34.8. The number of amides is 1. The molecular formula is C10H17NO2. The quantitative estimate of drug-likeness (QED) is 0.647. The topological polar surface area (TPSA) is 40.5 Å². The molecule has 0 spiro atoms. The molecule has 1 aliphatic heterocycles. The van der Waals surface area contributed by atoms with Gasteiger partial charge in [-0.2, -0.15) is 0 Å². The van der Waals surface area contributed by atoms with Gasteiger partial charge < -0.3 is 10.0 Å². The van der Waals surface area contributed by atoms with Crippen molar-refractivity contribution in [3.05, 3.63) is 0 Å². The Morgan fingerprint density at radius 3 is 2.62 bits per heavy atom. The molecule has 1 heterocycles. The van der Waals surface area contributed by atoms with Crippen LogP contribution in [0.2, 0.25) is 0 Å². The van der Waals surface area contributed by atoms with Crippen molar-refractivity contribution in [3.8, 4) is 0 Å². The highest BCUT2D eigenvalue weighted by Gasteiger charge is 2.36. The fourth-order valence-corrected chi connectivity index (χ4v) is 1.92. The van der Waals surface area contributed by atoms with Crippen LogP contribution in [0.3, 0.4) is 0 Å². The lowest BCUT2D eigenvalue weighted by atomic mass is 9.96. The van der Waals surface area contributed by atoms with Gasteiger partial charge in [0, 0.05) is 19.0 Å². The summed E-state index contributed by atoms with van der Waals surface area (Å²) in [5.41, 5.74) is 0. The van der Waals surface area contributed by atoms with Crippen LogP contribution in [0.1, 0.15) is 26.2 Å². The predicted octanol–water partition coefficient (Wildman–Crippen LogP) is 0.626. The second-order valence-corrected chi connectivity index (χ2v) is 4.39. The van der Waals surface area contributed by atoms with Crippen LogP contribution in [-0.2, 0) is 4.79 Å². The van der Waals surface area contributed by atoms with Crippen LogP contribution in [-0.4, -0.2) is 35.1 Å². The monoisotopic (exact) mass is 183 g/mol. The van der Waals surface area contributed by atoms with E-state index in [4.69, 9.17) is 0 Å². The third-order valence-electron chi connectivity index (χ3n) is 3.10. The number of hydrogen-bond donors (Lipinski definition) is 1. The Bertz CT molecular complexity index is 213. The summed E-state index contributed by atoms with van der Waals surface area (Å²) in [6.45, 7) is 3.51. The van der Waals surface area contributed by atoms with Crippen LogP contribution in [0.4, 0.5) is 0 Å². The first kappa shape index (κ1) is 9.00. The molecule has 13 heavy (non-hydrogen) atoms. The zero-order valence-corrected chi connectivity index (χ0v) is 8.07. The lowest BCUT2D eigenvalue weighted by Gasteiger charge is -2.34. The molecule has 1 saturated carbocycles. The fraction of sp³-hybridized carbons (Fsp3) is 0.900. The summed E-state index contributed by atoms with van der Waals surface area (Å²) in [5.74, 6) is 0.887. The number of rotatable bonds is 1. The van der Waals surface area contributed by atoms with Gasteiger partial charge in [-0.05, 0) is 25.2 Å². The lowest BCUT2D eigenvalue weighted by molar-refractivity contribution is -0.136. The van der Waals surface area contributed by atoms with E-state index in [1.165, 1.54) is 0 Å². The molecule has 0 aromatic heterocycles. The maximum Gasteiger partial charge on any atom is 0.225 e. The molecule has 2 atom stereocenters. The molecule has 0 aromatic carbocycles. The summed E-state index contributed by atoms with van der Waals surface area (Å²) < 4.78 is 0. The predicted molar refractivity (Wildman–Crippen MR) is 49.1 cm³/mol. The number of aliphatic hydroxyl groups is 1. The molecule has 74 valence electrons. The minimum absolute atomic E-state index is 0.205. The first-order valence-corrected chi connectivity index (χ1v) is 5.15. The highest BCUT2D eigenvalue weighted by molar-refractivity contribution is 5.81. The van der Waals surface area contributed by atoms with Gasteiger partial charge in [0.2, 0.25) is 5.91 Å². The summed E-state index contributed by atoms with van der Waals surface area (Å²) in [5, 5.41) is 9.49. The molecule has 1 aliphatic carbocycles. The van der Waals surface area contributed by atoms with Crippen LogP contribution in [0.25, 0.3) is 0 Å². The van der Waals surface area contributed by atoms with Crippen molar-refractivity contribution >= 4 is 5.91 Å². The number of hydrogen-bond acceptors (Lipinski definition) is 2. The van der Waals surface area contributed by atoms with Gasteiger partial charge in [0.15, 0.2) is 0 Å². The third-order valence-corrected chi connectivity index (χ3v) is 3.10. The number of piperidine rings is 1. The van der Waals surface area contributed by atoms with Crippen molar-refractivity contribution in [1.29, 1.82) is 0 Å². The number of nitrogens with zero attached hydrogens (tertiary/aromatic N) is 1. The SMILES string of the molecule is CC1CN(C(=O)C2CC2)CCC1O. The van der Waals surface area contributed by atoms with E-state index >= 15 is 0 Å². The van der Waals surface area contributed by atoms with Gasteiger partial charge in [-0.1, -0.05) is 6.92 Å². The highest BCUT2D eigenvalue weighted by Crippen LogP contribution is 2.32. The largest absolute Gasteiger partial charge is 0.393 e. The third kappa shape index (κ3) is 1.85. The number of carbonyl (C=O) groups is 1. The Kier molecular flexibility index (Phi) is 2.28. The molecule has 2 unspecified atom stereocenters. The van der Waals surface area contributed by atoms with E-state index in [-0.39, 0.29) is 12.0 Å². The minimum atomic E-state index is -0.205. The molecule has 0 radical (unpaired) electrons. The van der Waals surface area contributed by atoms with Gasteiger partial charge in [0.25, 0.3) is 0 Å². The molecule has 3 heteroatoms. The Hall–Kier alpha value is -0.570. The van der Waals surface area contributed by atoms with Gasteiger partial charge in [-0.25, -0.2) is 0 Å². The summed E-state index contributed by atoms with van der Waals surface area (Å²) in [6, 6.07) is 0. The van der Waals surface area contributed by atoms with Gasteiger partial charge in [-0.3, -0.25) is 4.79 Å². The maximum absolute atomic E-state index is 11.7. The summed E-state index contributed by atoms with van der Waals surface area (Å²) in [6.07, 6.45) is 2.70. The highest BCUT2D eigenvalue weighted by atomic mass is 16.3. The standard InChI is InChI=1S/C10H17NO2/c1-7-6-11(5-4-9(7)12)10(13)8-2-3-8/h7-9,12H,2-6H2,1H3. The number of aliphatic hydroxyl groups excluding tert-OH is 1. The van der Waals surface area contributed by atoms with E-state index in [2.05, 4.69) is 0 Å². The summed E-state index contributed by atoms with van der Waals surface area (Å²) in [4.78, 5) is 13.6. The van der Waals surface area contributed by atoms with E-state index in [0.717, 1.165) is 32.4 Å². The molecule has 0 aromatic rings. The molecule has 1 saturated heterocycles. The lowest BCUT2D eigenvalue weighted by Crippen LogP contribution is -2.45.